The van der Waals surface area contributed by atoms with Gasteiger partial charge in [0.25, 0.3) is 0 Å². The van der Waals surface area contributed by atoms with Crippen LogP contribution in [-0.2, 0) is 10.2 Å². The molecule has 8 rings (SSSR count). The van der Waals surface area contributed by atoms with Gasteiger partial charge in [-0.05, 0) is 124 Å². The number of carbonyl (C=O) groups excluding carboxylic acids is 1. The lowest BCUT2D eigenvalue weighted by molar-refractivity contribution is -0.156. The van der Waals surface area contributed by atoms with E-state index in [9.17, 15) is 4.79 Å². The van der Waals surface area contributed by atoms with Gasteiger partial charge in [0.1, 0.15) is 0 Å². The Kier molecular flexibility index (Phi) is 7.08. The number of amides is 1. The van der Waals surface area contributed by atoms with Crippen molar-refractivity contribution < 1.29 is 4.79 Å². The van der Waals surface area contributed by atoms with Crippen molar-refractivity contribution in [3.8, 4) is 0 Å². The fourth-order valence-corrected chi connectivity index (χ4v) is 10.0. The van der Waals surface area contributed by atoms with E-state index in [1.807, 2.05) is 12.1 Å². The minimum Gasteiger partial charge on any atom is -0.345 e. The monoisotopic (exact) mass is 576 g/mol. The summed E-state index contributed by atoms with van der Waals surface area (Å²) < 4.78 is 0. The zero-order valence-electron chi connectivity index (χ0n) is 23.8. The van der Waals surface area contributed by atoms with Crippen LogP contribution in [0.3, 0.4) is 0 Å². The van der Waals surface area contributed by atoms with E-state index in [-0.39, 0.29) is 16.7 Å². The Morgan fingerprint density at radius 2 is 1.65 bits per heavy atom. The average molecular weight is 578 g/mol. The summed E-state index contributed by atoms with van der Waals surface area (Å²) >= 11 is 12.8. The molecular formula is C35H42Cl2N2O. The SMILES string of the molecule is CN(C[C@@H](CCN1CCC2(C=Cc3ccccc32)CC1)c1ccc(Cl)c(Cl)c1)C(=O)C12CC3CC(CC(C3)C1)C2. The van der Waals surface area contributed by atoms with Crippen LogP contribution < -0.4 is 0 Å². The third kappa shape index (κ3) is 4.84. The number of hydrogen-bond donors (Lipinski definition) is 0. The number of carbonyl (C=O) groups is 1. The topological polar surface area (TPSA) is 23.6 Å². The fourth-order valence-electron chi connectivity index (χ4n) is 9.71. The maximum atomic E-state index is 14.1. The van der Waals surface area contributed by atoms with Crippen LogP contribution in [0, 0.1) is 23.2 Å². The van der Waals surface area contributed by atoms with Crippen LogP contribution >= 0.6 is 23.2 Å². The van der Waals surface area contributed by atoms with Gasteiger partial charge in [0.2, 0.25) is 5.91 Å². The molecule has 5 fully saturated rings. The van der Waals surface area contributed by atoms with Crippen molar-refractivity contribution >= 4 is 35.2 Å². The number of nitrogens with zero attached hydrogens (tertiary/aromatic N) is 2. The highest BCUT2D eigenvalue weighted by Gasteiger charge is 2.55. The van der Waals surface area contributed by atoms with Crippen molar-refractivity contribution in [3.63, 3.8) is 0 Å². The summed E-state index contributed by atoms with van der Waals surface area (Å²) in [5.41, 5.74) is 4.20. The lowest BCUT2D eigenvalue weighted by atomic mass is 9.49. The molecule has 2 aromatic carbocycles. The van der Waals surface area contributed by atoms with Gasteiger partial charge in [-0.1, -0.05) is 65.7 Å². The van der Waals surface area contributed by atoms with Crippen molar-refractivity contribution in [1.29, 1.82) is 0 Å². The summed E-state index contributed by atoms with van der Waals surface area (Å²) in [7, 11) is 2.06. The Labute approximate surface area is 249 Å². The molecule has 0 aromatic heterocycles. The molecule has 1 heterocycles. The molecule has 1 amide bonds. The Bertz CT molecular complexity index is 1270. The third-order valence-electron chi connectivity index (χ3n) is 11.4. The highest BCUT2D eigenvalue weighted by atomic mass is 35.5. The first-order valence-corrected chi connectivity index (χ1v) is 16.3. The molecule has 2 aromatic rings. The Morgan fingerprint density at radius 3 is 2.33 bits per heavy atom. The molecule has 4 saturated carbocycles. The Morgan fingerprint density at radius 1 is 0.975 bits per heavy atom. The molecule has 0 N–H and O–H groups in total. The molecule has 5 heteroatoms. The number of likely N-dealkylation sites (N-methyl/N-ethyl adjacent to an activating group) is 1. The Balaban J connectivity index is 1.03. The molecular weight excluding hydrogens is 535 g/mol. The third-order valence-corrected chi connectivity index (χ3v) is 12.1. The lowest BCUT2D eigenvalue weighted by Crippen LogP contribution is -2.54. The highest BCUT2D eigenvalue weighted by Crippen LogP contribution is 2.60. The first-order chi connectivity index (χ1) is 19.3. The van der Waals surface area contributed by atoms with Crippen molar-refractivity contribution in [1.82, 2.24) is 9.80 Å². The van der Waals surface area contributed by atoms with Crippen LogP contribution in [0.25, 0.3) is 6.08 Å². The summed E-state index contributed by atoms with van der Waals surface area (Å²) in [6.07, 6.45) is 15.6. The average Bonchev–Trinajstić information content (AvgIpc) is 3.30. The van der Waals surface area contributed by atoms with E-state index < -0.39 is 0 Å². The fraction of sp³-hybridized carbons (Fsp3) is 0.571. The molecule has 0 radical (unpaired) electrons. The maximum absolute atomic E-state index is 14.1. The second-order valence-electron chi connectivity index (χ2n) is 14.0. The van der Waals surface area contributed by atoms with Crippen LogP contribution in [0.15, 0.2) is 48.5 Å². The van der Waals surface area contributed by atoms with Gasteiger partial charge in [-0.25, -0.2) is 0 Å². The minimum absolute atomic E-state index is 0.0992. The number of hydrogen-bond acceptors (Lipinski definition) is 2. The van der Waals surface area contributed by atoms with Crippen LogP contribution in [-0.4, -0.2) is 48.9 Å². The molecule has 6 aliphatic rings. The normalized spacial score (nSPS) is 30.5. The van der Waals surface area contributed by atoms with Gasteiger partial charge >= 0.3 is 0 Å². The van der Waals surface area contributed by atoms with Gasteiger partial charge in [-0.3, -0.25) is 4.79 Å². The van der Waals surface area contributed by atoms with Gasteiger partial charge in [0, 0.05) is 24.9 Å². The van der Waals surface area contributed by atoms with E-state index >= 15 is 0 Å². The molecule has 3 nitrogen and oxygen atoms in total. The van der Waals surface area contributed by atoms with E-state index in [0.29, 0.717) is 16.0 Å². The number of piperidine rings is 1. The number of likely N-dealkylation sites (tertiary alicyclic amines) is 1. The summed E-state index contributed by atoms with van der Waals surface area (Å²) in [5, 5.41) is 1.19. The van der Waals surface area contributed by atoms with Gasteiger partial charge in [0.05, 0.1) is 15.5 Å². The predicted molar refractivity (Wildman–Crippen MR) is 165 cm³/mol. The summed E-state index contributed by atoms with van der Waals surface area (Å²) in [6.45, 7) is 3.99. The van der Waals surface area contributed by atoms with Gasteiger partial charge < -0.3 is 9.80 Å². The second kappa shape index (κ2) is 10.5. The molecule has 0 unspecified atom stereocenters. The standard InChI is InChI=1S/C35H42Cl2N2O/c1-38(33(40)35-20-24-16-25(21-35)18-26(17-24)22-35)23-29(28-6-7-31(36)32(37)19-28)9-13-39-14-11-34(12-15-39)10-8-27-4-2-3-5-30(27)34/h2-8,10,19,24-26,29H,9,11-18,20-23H2,1H3/t24?,25?,26?,29-,35?/m1/s1. The molecule has 212 valence electrons. The molecule has 1 aliphatic heterocycles. The molecule has 1 saturated heterocycles. The number of allylic oxidation sites excluding steroid dienone is 1. The van der Waals surface area contributed by atoms with E-state index in [0.717, 1.165) is 69.6 Å². The van der Waals surface area contributed by atoms with Crippen molar-refractivity contribution in [3.05, 3.63) is 75.3 Å². The quantitative estimate of drug-likeness (QED) is 0.331. The van der Waals surface area contributed by atoms with Crippen molar-refractivity contribution in [2.75, 3.05) is 33.2 Å². The van der Waals surface area contributed by atoms with Gasteiger partial charge in [0.15, 0.2) is 0 Å². The molecule has 1 spiro atoms. The van der Waals surface area contributed by atoms with Crippen molar-refractivity contribution in [2.45, 2.75) is 69.1 Å². The maximum Gasteiger partial charge on any atom is 0.228 e. The van der Waals surface area contributed by atoms with E-state index in [2.05, 4.69) is 59.3 Å². The summed E-state index contributed by atoms with van der Waals surface area (Å²) in [4.78, 5) is 18.8. The van der Waals surface area contributed by atoms with Gasteiger partial charge in [-0.2, -0.15) is 0 Å². The molecule has 5 aliphatic carbocycles. The zero-order valence-corrected chi connectivity index (χ0v) is 25.3. The minimum atomic E-state index is -0.0992. The Hall–Kier alpha value is -1.81. The molecule has 1 atom stereocenters. The zero-order chi connectivity index (χ0) is 27.5. The number of benzene rings is 2. The molecule has 40 heavy (non-hydrogen) atoms. The first-order valence-electron chi connectivity index (χ1n) is 15.5. The molecule has 4 bridgehead atoms. The smallest absolute Gasteiger partial charge is 0.228 e. The lowest BCUT2D eigenvalue weighted by Gasteiger charge is -2.56. The van der Waals surface area contributed by atoms with Crippen molar-refractivity contribution in [2.24, 2.45) is 23.2 Å². The largest absolute Gasteiger partial charge is 0.345 e. The van der Waals surface area contributed by atoms with Crippen LogP contribution in [0.1, 0.15) is 80.4 Å². The van der Waals surface area contributed by atoms with Gasteiger partial charge in [-0.15, -0.1) is 0 Å². The van der Waals surface area contributed by atoms with Crippen LogP contribution in [0.2, 0.25) is 10.0 Å². The summed E-state index contributed by atoms with van der Waals surface area (Å²) in [5.74, 6) is 2.97. The van der Waals surface area contributed by atoms with Crippen LogP contribution in [0.5, 0.6) is 0 Å². The number of halogens is 2. The highest BCUT2D eigenvalue weighted by molar-refractivity contribution is 6.42. The summed E-state index contributed by atoms with van der Waals surface area (Å²) in [6, 6.07) is 15.0. The first kappa shape index (κ1) is 27.0. The van der Waals surface area contributed by atoms with E-state index in [1.54, 1.807) is 0 Å². The second-order valence-corrected chi connectivity index (χ2v) is 14.8. The van der Waals surface area contributed by atoms with E-state index in [4.69, 9.17) is 23.2 Å². The van der Waals surface area contributed by atoms with E-state index in [1.165, 1.54) is 48.8 Å². The number of rotatable bonds is 7. The number of fused-ring (bicyclic) bond motifs is 2. The predicted octanol–water partition coefficient (Wildman–Crippen LogP) is 8.20. The van der Waals surface area contributed by atoms with Crippen LogP contribution in [0.4, 0.5) is 0 Å².